The number of hydrogen-bond acceptors (Lipinski definition) is 5. The number of rotatable bonds is 9. The summed E-state index contributed by atoms with van der Waals surface area (Å²) in [5.41, 5.74) is 2.46. The van der Waals surface area contributed by atoms with Crippen molar-refractivity contribution in [3.8, 4) is 5.69 Å². The Morgan fingerprint density at radius 1 is 1.22 bits per heavy atom. The number of unbranched alkanes of at least 4 members (excludes halogenated alkanes) is 2. The highest BCUT2D eigenvalue weighted by Gasteiger charge is 2.30. The fourth-order valence-corrected chi connectivity index (χ4v) is 5.25. The smallest absolute Gasteiger partial charge is 0.265 e. The molecule has 1 unspecified atom stereocenters. The van der Waals surface area contributed by atoms with E-state index in [4.69, 9.17) is 4.98 Å². The summed E-state index contributed by atoms with van der Waals surface area (Å²) in [6.45, 7) is 7.88. The van der Waals surface area contributed by atoms with E-state index in [2.05, 4.69) is 18.9 Å². The molecule has 1 aliphatic heterocycles. The van der Waals surface area contributed by atoms with Crippen LogP contribution in [0.2, 0.25) is 0 Å². The van der Waals surface area contributed by atoms with Gasteiger partial charge in [-0.15, -0.1) is 0 Å². The van der Waals surface area contributed by atoms with Crippen LogP contribution >= 0.6 is 11.8 Å². The maximum absolute atomic E-state index is 13.4. The van der Waals surface area contributed by atoms with Crippen molar-refractivity contribution in [2.45, 2.75) is 64.1 Å². The first-order valence-electron chi connectivity index (χ1n) is 11.5. The first-order chi connectivity index (χ1) is 15.5. The van der Waals surface area contributed by atoms with E-state index in [-0.39, 0.29) is 17.5 Å². The van der Waals surface area contributed by atoms with Gasteiger partial charge in [0.1, 0.15) is 5.39 Å². The molecule has 3 aromatic rings. The quantitative estimate of drug-likeness (QED) is 0.450. The monoisotopic (exact) mass is 453 g/mol. The van der Waals surface area contributed by atoms with E-state index in [1.807, 2.05) is 36.1 Å². The Morgan fingerprint density at radius 2 is 1.97 bits per heavy atom. The zero-order chi connectivity index (χ0) is 22.7. The maximum Gasteiger partial charge on any atom is 0.265 e. The van der Waals surface area contributed by atoms with Crippen LogP contribution in [0, 0.1) is 6.92 Å². The molecular formula is C24H31N5O2S. The lowest BCUT2D eigenvalue weighted by molar-refractivity contribution is -0.132. The molecule has 7 nitrogen and oxygen atoms in total. The van der Waals surface area contributed by atoms with E-state index in [0.717, 1.165) is 50.0 Å². The fourth-order valence-electron chi connectivity index (χ4n) is 4.12. The van der Waals surface area contributed by atoms with Crippen molar-refractivity contribution in [3.05, 3.63) is 46.4 Å². The summed E-state index contributed by atoms with van der Waals surface area (Å²) in [7, 11) is 0. The third-order valence-electron chi connectivity index (χ3n) is 5.94. The number of thioether (sulfide) groups is 1. The molecule has 0 fully saturated rings. The highest BCUT2D eigenvalue weighted by Crippen LogP contribution is 2.33. The Bertz CT molecular complexity index is 1160. The Hall–Kier alpha value is -2.61. The van der Waals surface area contributed by atoms with Gasteiger partial charge in [-0.1, -0.05) is 50.6 Å². The highest BCUT2D eigenvalue weighted by molar-refractivity contribution is 7.99. The molecule has 2 aromatic heterocycles. The molecule has 1 atom stereocenters. The number of benzene rings is 1. The van der Waals surface area contributed by atoms with Crippen molar-refractivity contribution in [1.82, 2.24) is 24.2 Å². The molecule has 0 N–H and O–H groups in total. The number of hydrogen-bond donors (Lipinski definition) is 0. The van der Waals surface area contributed by atoms with Crippen LogP contribution in [0.1, 0.15) is 57.6 Å². The molecule has 1 amide bonds. The number of amides is 1. The van der Waals surface area contributed by atoms with Gasteiger partial charge in [0.05, 0.1) is 17.9 Å². The summed E-state index contributed by atoms with van der Waals surface area (Å²) >= 11 is 1.54. The largest absolute Gasteiger partial charge is 0.343 e. The molecule has 4 rings (SSSR count). The summed E-state index contributed by atoms with van der Waals surface area (Å²) in [4.78, 5) is 33.2. The molecule has 0 radical (unpaired) electrons. The summed E-state index contributed by atoms with van der Waals surface area (Å²) in [5, 5.41) is 5.61. The molecule has 8 heteroatoms. The number of carbonyl (C=O) groups excluding carboxylic acids is 1. The van der Waals surface area contributed by atoms with E-state index in [1.165, 1.54) is 0 Å². The van der Waals surface area contributed by atoms with Crippen molar-refractivity contribution >= 4 is 28.7 Å². The lowest BCUT2D eigenvalue weighted by atomic mass is 10.1. The van der Waals surface area contributed by atoms with Gasteiger partial charge in [-0.25, -0.2) is 9.67 Å². The third-order valence-corrected chi connectivity index (χ3v) is 7.04. The minimum atomic E-state index is -0.167. The minimum absolute atomic E-state index is 0.111. The number of fused-ring (bicyclic) bond motifs is 2. The van der Waals surface area contributed by atoms with E-state index >= 15 is 0 Å². The molecule has 0 aliphatic carbocycles. The van der Waals surface area contributed by atoms with Crippen LogP contribution in [0.15, 0.2) is 40.4 Å². The predicted molar refractivity (Wildman–Crippen MR) is 129 cm³/mol. The Labute approximate surface area is 192 Å². The van der Waals surface area contributed by atoms with Crippen LogP contribution in [0.4, 0.5) is 0 Å². The van der Waals surface area contributed by atoms with Gasteiger partial charge < -0.3 is 4.90 Å². The molecule has 0 spiro atoms. The summed E-state index contributed by atoms with van der Waals surface area (Å²) in [5.74, 6) is 0.821. The Balaban J connectivity index is 1.62. The number of carbonyl (C=O) groups is 1. The molecule has 1 aromatic carbocycles. The maximum atomic E-state index is 13.4. The lowest BCUT2D eigenvalue weighted by Gasteiger charge is -2.24. The van der Waals surface area contributed by atoms with Crippen molar-refractivity contribution in [1.29, 1.82) is 0 Å². The highest BCUT2D eigenvalue weighted by atomic mass is 32.2. The second kappa shape index (κ2) is 9.90. The SMILES string of the molecule is CCCCN(CCCC)C(=O)CC1CSc2nc3c(cnn3-c3cccc(C)c3)c(=O)n21. The van der Waals surface area contributed by atoms with E-state index in [9.17, 15) is 9.59 Å². The number of aryl methyl sites for hydroxylation is 1. The number of aromatic nitrogens is 4. The Kier molecular flexibility index (Phi) is 6.98. The average Bonchev–Trinajstić information content (AvgIpc) is 3.39. The Morgan fingerprint density at radius 3 is 2.66 bits per heavy atom. The van der Waals surface area contributed by atoms with Gasteiger partial charge in [0.2, 0.25) is 5.91 Å². The van der Waals surface area contributed by atoms with Gasteiger partial charge in [0.25, 0.3) is 5.56 Å². The van der Waals surface area contributed by atoms with Gasteiger partial charge in [-0.05, 0) is 37.5 Å². The molecule has 32 heavy (non-hydrogen) atoms. The van der Waals surface area contributed by atoms with Crippen LogP contribution in [0.25, 0.3) is 16.7 Å². The van der Waals surface area contributed by atoms with Crippen LogP contribution in [-0.2, 0) is 4.79 Å². The van der Waals surface area contributed by atoms with E-state index < -0.39 is 0 Å². The van der Waals surface area contributed by atoms with E-state index in [0.29, 0.717) is 28.4 Å². The zero-order valence-electron chi connectivity index (χ0n) is 19.1. The van der Waals surface area contributed by atoms with Crippen LogP contribution in [0.3, 0.4) is 0 Å². The zero-order valence-corrected chi connectivity index (χ0v) is 19.9. The fraction of sp³-hybridized carbons (Fsp3) is 0.500. The predicted octanol–water partition coefficient (Wildman–Crippen LogP) is 4.36. The average molecular weight is 454 g/mol. The van der Waals surface area contributed by atoms with Crippen molar-refractivity contribution in [2.75, 3.05) is 18.8 Å². The molecule has 170 valence electrons. The first kappa shape index (κ1) is 22.6. The van der Waals surface area contributed by atoms with Crippen molar-refractivity contribution in [3.63, 3.8) is 0 Å². The van der Waals surface area contributed by atoms with Crippen molar-refractivity contribution < 1.29 is 4.79 Å². The molecule has 0 saturated carbocycles. The van der Waals surface area contributed by atoms with Crippen LogP contribution in [-0.4, -0.2) is 49.0 Å². The third kappa shape index (κ3) is 4.46. The van der Waals surface area contributed by atoms with Gasteiger partial charge in [-0.3, -0.25) is 14.2 Å². The second-order valence-electron chi connectivity index (χ2n) is 8.46. The van der Waals surface area contributed by atoms with Crippen LogP contribution < -0.4 is 5.56 Å². The molecule has 0 saturated heterocycles. The standard InChI is InChI=1S/C24H31N5O2S/c1-4-6-11-27(12-7-5-2)21(30)14-19-16-32-24-26-22-20(23(31)28(19)24)15-25-29(22)18-10-8-9-17(3)13-18/h8-10,13,15,19H,4-7,11-12,14,16H2,1-3H3. The summed E-state index contributed by atoms with van der Waals surface area (Å²) in [6.07, 6.45) is 6.07. The minimum Gasteiger partial charge on any atom is -0.343 e. The van der Waals surface area contributed by atoms with Gasteiger partial charge in [0, 0.05) is 25.3 Å². The molecular weight excluding hydrogens is 422 g/mol. The van der Waals surface area contributed by atoms with Crippen LogP contribution in [0.5, 0.6) is 0 Å². The van der Waals surface area contributed by atoms with E-state index in [1.54, 1.807) is 27.2 Å². The molecule has 3 heterocycles. The van der Waals surface area contributed by atoms with Gasteiger partial charge >= 0.3 is 0 Å². The first-order valence-corrected chi connectivity index (χ1v) is 12.5. The lowest BCUT2D eigenvalue weighted by Crippen LogP contribution is -2.36. The van der Waals surface area contributed by atoms with Crippen molar-refractivity contribution in [2.24, 2.45) is 0 Å². The molecule has 0 bridgehead atoms. The second-order valence-corrected chi connectivity index (χ2v) is 9.45. The van der Waals surface area contributed by atoms with Gasteiger partial charge in [-0.2, -0.15) is 5.10 Å². The summed E-state index contributed by atoms with van der Waals surface area (Å²) < 4.78 is 3.44. The van der Waals surface area contributed by atoms with Gasteiger partial charge in [0.15, 0.2) is 10.8 Å². The number of nitrogens with zero attached hydrogens (tertiary/aromatic N) is 5. The molecule has 1 aliphatic rings. The summed E-state index contributed by atoms with van der Waals surface area (Å²) in [6, 6.07) is 7.81. The topological polar surface area (TPSA) is 73.0 Å². The normalized spacial score (nSPS) is 15.3.